The smallest absolute Gasteiger partial charge is 0.166 e. The molecule has 3 fully saturated rings. The van der Waals surface area contributed by atoms with Crippen molar-refractivity contribution in [2.75, 3.05) is 70.5 Å². The van der Waals surface area contributed by atoms with E-state index < -0.39 is 0 Å². The first-order chi connectivity index (χ1) is 17.7. The van der Waals surface area contributed by atoms with Gasteiger partial charge in [0.15, 0.2) is 11.6 Å². The van der Waals surface area contributed by atoms with E-state index in [2.05, 4.69) is 24.8 Å². The molecule has 0 atom stereocenters. The van der Waals surface area contributed by atoms with Crippen LogP contribution in [0.25, 0.3) is 32.6 Å². The fraction of sp³-hybridized carbons (Fsp3) is 0.480. The molecular formula is C25H29FN8OS. The first kappa shape index (κ1) is 22.5. The van der Waals surface area contributed by atoms with Crippen molar-refractivity contribution in [2.24, 2.45) is 0 Å². The number of nitrogens with zero attached hydrogens (tertiary/aromatic N) is 7. The molecule has 11 heteroatoms. The molecule has 0 aliphatic carbocycles. The number of aromatic amines is 1. The summed E-state index contributed by atoms with van der Waals surface area (Å²) >= 11 is 1.60. The lowest BCUT2D eigenvalue weighted by atomic mass is 10.1. The fourth-order valence-electron chi connectivity index (χ4n) is 5.31. The van der Waals surface area contributed by atoms with Crippen LogP contribution in [0.1, 0.15) is 11.4 Å². The summed E-state index contributed by atoms with van der Waals surface area (Å²) in [6.07, 6.45) is 3.13. The Hall–Kier alpha value is -2.70. The second kappa shape index (κ2) is 9.31. The minimum Gasteiger partial charge on any atom is -0.378 e. The van der Waals surface area contributed by atoms with Gasteiger partial charge in [0.2, 0.25) is 0 Å². The monoisotopic (exact) mass is 508 g/mol. The molecule has 0 radical (unpaired) electrons. The van der Waals surface area contributed by atoms with E-state index in [1.165, 1.54) is 25.6 Å². The van der Waals surface area contributed by atoms with Crippen molar-refractivity contribution in [2.45, 2.75) is 13.0 Å². The fourth-order valence-corrected chi connectivity index (χ4v) is 6.29. The number of anilines is 1. The molecule has 36 heavy (non-hydrogen) atoms. The summed E-state index contributed by atoms with van der Waals surface area (Å²) < 4.78 is 20.7. The number of ether oxygens (including phenoxy) is 1. The van der Waals surface area contributed by atoms with Gasteiger partial charge in [-0.2, -0.15) is 0 Å². The average molecular weight is 509 g/mol. The van der Waals surface area contributed by atoms with E-state index in [9.17, 15) is 0 Å². The number of rotatable bonds is 5. The maximum absolute atomic E-state index is 15.1. The molecule has 6 heterocycles. The van der Waals surface area contributed by atoms with Crippen molar-refractivity contribution in [3.63, 3.8) is 0 Å². The van der Waals surface area contributed by atoms with E-state index >= 15 is 4.39 Å². The molecule has 3 aromatic heterocycles. The Morgan fingerprint density at radius 1 is 0.917 bits per heavy atom. The molecule has 3 aliphatic rings. The summed E-state index contributed by atoms with van der Waals surface area (Å²) in [7, 11) is 0. The summed E-state index contributed by atoms with van der Waals surface area (Å²) in [6, 6.07) is 5.11. The first-order valence-corrected chi connectivity index (χ1v) is 13.5. The van der Waals surface area contributed by atoms with Gasteiger partial charge < -0.3 is 14.6 Å². The highest BCUT2D eigenvalue weighted by molar-refractivity contribution is 7.18. The summed E-state index contributed by atoms with van der Waals surface area (Å²) in [5.41, 5.74) is 2.11. The highest BCUT2D eigenvalue weighted by Crippen LogP contribution is 2.35. The molecule has 4 aromatic rings. The van der Waals surface area contributed by atoms with Crippen molar-refractivity contribution < 1.29 is 9.13 Å². The van der Waals surface area contributed by atoms with Gasteiger partial charge in [0.05, 0.1) is 25.3 Å². The molecule has 3 aliphatic heterocycles. The summed E-state index contributed by atoms with van der Waals surface area (Å²) in [5, 5.41) is 6.77. The lowest BCUT2D eigenvalue weighted by molar-refractivity contribution is -0.0967. The Morgan fingerprint density at radius 2 is 1.72 bits per heavy atom. The number of benzene rings is 1. The number of hydrogen-bond acceptors (Lipinski definition) is 9. The van der Waals surface area contributed by atoms with E-state index in [-0.39, 0.29) is 5.82 Å². The summed E-state index contributed by atoms with van der Waals surface area (Å²) in [4.78, 5) is 23.4. The van der Waals surface area contributed by atoms with Gasteiger partial charge in [0, 0.05) is 69.5 Å². The number of aromatic nitrogens is 4. The number of fused-ring (bicyclic) bond motifs is 2. The Labute approximate surface area is 212 Å². The minimum atomic E-state index is -0.320. The zero-order valence-corrected chi connectivity index (χ0v) is 20.9. The molecule has 3 saturated heterocycles. The van der Waals surface area contributed by atoms with E-state index in [1.54, 1.807) is 17.4 Å². The number of nitrogens with one attached hydrogen (secondary N) is 1. The van der Waals surface area contributed by atoms with Crippen LogP contribution >= 0.6 is 11.3 Å². The van der Waals surface area contributed by atoms with E-state index in [0.717, 1.165) is 77.9 Å². The molecule has 0 saturated carbocycles. The van der Waals surface area contributed by atoms with Gasteiger partial charge in [-0.15, -0.1) is 0 Å². The van der Waals surface area contributed by atoms with Crippen molar-refractivity contribution in [1.82, 2.24) is 34.9 Å². The Bertz CT molecular complexity index is 1390. The second-order valence-electron chi connectivity index (χ2n) is 9.63. The Morgan fingerprint density at radius 3 is 2.50 bits per heavy atom. The normalized spacial score (nSPS) is 20.4. The highest BCUT2D eigenvalue weighted by Gasteiger charge is 2.27. The van der Waals surface area contributed by atoms with E-state index in [1.807, 2.05) is 12.3 Å². The molecule has 0 amide bonds. The van der Waals surface area contributed by atoms with Gasteiger partial charge in [-0.1, -0.05) is 11.3 Å². The molecule has 0 bridgehead atoms. The third-order valence-electron chi connectivity index (χ3n) is 7.44. The number of H-pyrrole nitrogens is 1. The van der Waals surface area contributed by atoms with Crippen molar-refractivity contribution in [3.05, 3.63) is 35.2 Å². The summed E-state index contributed by atoms with van der Waals surface area (Å²) in [6.45, 7) is 10.1. The topological polar surface area (TPSA) is 76.7 Å². The number of thiazole rings is 1. The lowest BCUT2D eigenvalue weighted by Gasteiger charge is -2.45. The Balaban J connectivity index is 1.24. The molecule has 0 unspecified atom stereocenters. The number of hydrazine groups is 1. The number of morpholine rings is 1. The molecule has 1 aromatic carbocycles. The molecule has 188 valence electrons. The maximum Gasteiger partial charge on any atom is 0.166 e. The zero-order valence-electron chi connectivity index (χ0n) is 20.1. The molecule has 9 nitrogen and oxygen atoms in total. The first-order valence-electron chi connectivity index (χ1n) is 12.7. The number of halogens is 1. The van der Waals surface area contributed by atoms with Crippen LogP contribution in [-0.4, -0.2) is 100 Å². The van der Waals surface area contributed by atoms with Gasteiger partial charge in [-0.3, -0.25) is 4.90 Å². The second-order valence-corrected chi connectivity index (χ2v) is 10.7. The van der Waals surface area contributed by atoms with Crippen LogP contribution in [0, 0.1) is 5.82 Å². The molecule has 0 spiro atoms. The van der Waals surface area contributed by atoms with Crippen LogP contribution in [0.2, 0.25) is 0 Å². The van der Waals surface area contributed by atoms with Crippen LogP contribution in [0.4, 0.5) is 10.2 Å². The van der Waals surface area contributed by atoms with Gasteiger partial charge in [0.25, 0.3) is 0 Å². The SMILES string of the molecule is Fc1ccc2[nH]ccc2c1-c1nc(N2CCOCC2)c2nc(CN3CCN(N4CCC4)CC3)sc2n1. The van der Waals surface area contributed by atoms with Crippen LogP contribution < -0.4 is 4.90 Å². The van der Waals surface area contributed by atoms with Crippen LogP contribution in [-0.2, 0) is 11.3 Å². The highest BCUT2D eigenvalue weighted by atomic mass is 32.1. The van der Waals surface area contributed by atoms with Crippen LogP contribution in [0.3, 0.4) is 0 Å². The van der Waals surface area contributed by atoms with E-state index in [4.69, 9.17) is 19.7 Å². The quantitative estimate of drug-likeness (QED) is 0.441. The third kappa shape index (κ3) is 4.04. The number of hydrogen-bond donors (Lipinski definition) is 1. The molecular weight excluding hydrogens is 479 g/mol. The van der Waals surface area contributed by atoms with Gasteiger partial charge in [-0.25, -0.2) is 29.4 Å². The predicted octanol–water partition coefficient (Wildman–Crippen LogP) is 2.95. The van der Waals surface area contributed by atoms with E-state index in [0.29, 0.717) is 24.6 Å². The maximum atomic E-state index is 15.1. The average Bonchev–Trinajstić information content (AvgIpc) is 3.50. The van der Waals surface area contributed by atoms with Crippen molar-refractivity contribution in [1.29, 1.82) is 0 Å². The lowest BCUT2D eigenvalue weighted by Crippen LogP contribution is -2.57. The van der Waals surface area contributed by atoms with Crippen molar-refractivity contribution in [3.8, 4) is 11.4 Å². The molecule has 1 N–H and O–H groups in total. The zero-order chi connectivity index (χ0) is 24.1. The predicted molar refractivity (Wildman–Crippen MR) is 139 cm³/mol. The summed E-state index contributed by atoms with van der Waals surface area (Å²) in [5.74, 6) is 0.861. The largest absolute Gasteiger partial charge is 0.378 e. The number of piperazine rings is 1. The Kier molecular flexibility index (Phi) is 5.82. The van der Waals surface area contributed by atoms with Gasteiger partial charge >= 0.3 is 0 Å². The standard InChI is InChI=1S/C25H29FN8OS/c26-18-2-3-19-17(4-5-27-19)21(18)23-29-24(32-12-14-35-15-13-32)22-25(30-23)36-20(28-22)16-31-8-10-34(11-9-31)33-6-1-7-33/h2-5,27H,1,6-16H2. The van der Waals surface area contributed by atoms with Crippen LogP contribution in [0.5, 0.6) is 0 Å². The minimum absolute atomic E-state index is 0.320. The van der Waals surface area contributed by atoms with Gasteiger partial charge in [-0.05, 0) is 24.6 Å². The molecule has 7 rings (SSSR count). The van der Waals surface area contributed by atoms with Crippen LogP contribution in [0.15, 0.2) is 24.4 Å². The third-order valence-corrected chi connectivity index (χ3v) is 8.38. The van der Waals surface area contributed by atoms with Crippen molar-refractivity contribution >= 4 is 38.4 Å². The van der Waals surface area contributed by atoms with Gasteiger partial charge in [0.1, 0.15) is 21.2 Å².